The molecule has 1 aliphatic rings. The van der Waals surface area contributed by atoms with E-state index in [4.69, 9.17) is 0 Å². The molecule has 0 unspecified atom stereocenters. The number of anilines is 1. The second-order valence-corrected chi connectivity index (χ2v) is 7.59. The van der Waals surface area contributed by atoms with E-state index in [0.29, 0.717) is 5.92 Å². The van der Waals surface area contributed by atoms with Gasteiger partial charge in [0.25, 0.3) is 0 Å². The predicted octanol–water partition coefficient (Wildman–Crippen LogP) is 3.42. The Morgan fingerprint density at radius 3 is 3.00 bits per heavy atom. The molecule has 3 aromatic heterocycles. The fourth-order valence-corrected chi connectivity index (χ4v) is 4.34. The highest BCUT2D eigenvalue weighted by molar-refractivity contribution is 7.18. The van der Waals surface area contributed by atoms with E-state index >= 15 is 0 Å². The molecule has 0 radical (unpaired) electrons. The molecule has 0 aromatic carbocycles. The van der Waals surface area contributed by atoms with Gasteiger partial charge in [0.1, 0.15) is 22.8 Å². The lowest BCUT2D eigenvalue weighted by Crippen LogP contribution is -2.37. The van der Waals surface area contributed by atoms with Crippen LogP contribution in [0, 0.1) is 19.8 Å². The molecule has 0 amide bonds. The fourth-order valence-electron chi connectivity index (χ4n) is 3.50. The minimum atomic E-state index is 0.640. The molecule has 5 nitrogen and oxygen atoms in total. The molecule has 1 fully saturated rings. The van der Waals surface area contributed by atoms with Gasteiger partial charge in [-0.25, -0.2) is 15.0 Å². The third kappa shape index (κ3) is 2.83. The number of aryl methyl sites for hydroxylation is 2. The van der Waals surface area contributed by atoms with Gasteiger partial charge in [0.2, 0.25) is 0 Å². The molecule has 0 saturated carbocycles. The minimum absolute atomic E-state index is 0.640. The monoisotopic (exact) mass is 327 g/mol. The van der Waals surface area contributed by atoms with E-state index in [-0.39, 0.29) is 0 Å². The van der Waals surface area contributed by atoms with Gasteiger partial charge in [0.15, 0.2) is 0 Å². The van der Waals surface area contributed by atoms with Gasteiger partial charge in [-0.2, -0.15) is 0 Å². The zero-order valence-corrected chi connectivity index (χ0v) is 14.4. The number of thiophene rings is 1. The lowest BCUT2D eigenvalue weighted by Gasteiger charge is -2.34. The van der Waals surface area contributed by atoms with Crippen molar-refractivity contribution in [2.24, 2.45) is 5.92 Å². The van der Waals surface area contributed by atoms with E-state index in [9.17, 15) is 0 Å². The van der Waals surface area contributed by atoms with E-state index < -0.39 is 0 Å². The van der Waals surface area contributed by atoms with E-state index in [1.807, 2.05) is 6.20 Å². The van der Waals surface area contributed by atoms with Gasteiger partial charge < -0.3 is 9.47 Å². The Hall–Kier alpha value is -1.95. The van der Waals surface area contributed by atoms with Crippen LogP contribution in [0.2, 0.25) is 0 Å². The smallest absolute Gasteiger partial charge is 0.140 e. The summed E-state index contributed by atoms with van der Waals surface area (Å²) in [4.78, 5) is 18.2. The van der Waals surface area contributed by atoms with Gasteiger partial charge in [0, 0.05) is 36.9 Å². The molecule has 4 heterocycles. The average Bonchev–Trinajstić information content (AvgIpc) is 3.12. The van der Waals surface area contributed by atoms with Crippen molar-refractivity contribution in [1.29, 1.82) is 0 Å². The van der Waals surface area contributed by atoms with Crippen LogP contribution in [0.25, 0.3) is 10.2 Å². The SMILES string of the molecule is Cc1cc2c(N3CCC[C@@H](Cn4ccnc4C)C3)ncnc2s1. The Labute approximate surface area is 140 Å². The molecule has 0 aliphatic carbocycles. The Kier molecular flexibility index (Phi) is 3.77. The standard InChI is InChI=1S/C17H21N5S/c1-12-8-15-16(19-11-20-17(15)23-12)22-6-3-4-14(10-22)9-21-7-5-18-13(21)2/h5,7-8,11,14H,3-4,6,9-10H2,1-2H3/t14-/m0/s1. The van der Waals surface area contributed by atoms with Crippen molar-refractivity contribution >= 4 is 27.4 Å². The number of imidazole rings is 1. The number of hydrogen-bond donors (Lipinski definition) is 0. The third-order valence-electron chi connectivity index (χ3n) is 4.63. The maximum absolute atomic E-state index is 4.60. The van der Waals surface area contributed by atoms with Crippen molar-refractivity contribution in [2.75, 3.05) is 18.0 Å². The Morgan fingerprint density at radius 2 is 2.17 bits per heavy atom. The molecule has 120 valence electrons. The maximum Gasteiger partial charge on any atom is 0.140 e. The number of fused-ring (bicyclic) bond motifs is 1. The highest BCUT2D eigenvalue weighted by atomic mass is 32.1. The summed E-state index contributed by atoms with van der Waals surface area (Å²) in [7, 11) is 0. The van der Waals surface area contributed by atoms with Gasteiger partial charge in [-0.1, -0.05) is 0 Å². The van der Waals surface area contributed by atoms with E-state index in [2.05, 4.69) is 50.5 Å². The summed E-state index contributed by atoms with van der Waals surface area (Å²) in [5.41, 5.74) is 0. The zero-order chi connectivity index (χ0) is 15.8. The normalized spacial score (nSPS) is 18.7. The minimum Gasteiger partial charge on any atom is -0.356 e. The summed E-state index contributed by atoms with van der Waals surface area (Å²) in [5, 5.41) is 1.20. The van der Waals surface area contributed by atoms with Crippen LogP contribution in [0.5, 0.6) is 0 Å². The van der Waals surface area contributed by atoms with Crippen LogP contribution in [-0.4, -0.2) is 32.6 Å². The Morgan fingerprint density at radius 1 is 1.26 bits per heavy atom. The van der Waals surface area contributed by atoms with Gasteiger partial charge in [0.05, 0.1) is 5.39 Å². The molecule has 3 aromatic rings. The summed E-state index contributed by atoms with van der Waals surface area (Å²) in [6, 6.07) is 2.22. The van der Waals surface area contributed by atoms with Crippen molar-refractivity contribution in [3.8, 4) is 0 Å². The predicted molar refractivity (Wildman–Crippen MR) is 94.1 cm³/mol. The average molecular weight is 327 g/mol. The number of hydrogen-bond acceptors (Lipinski definition) is 5. The number of aromatic nitrogens is 4. The van der Waals surface area contributed by atoms with Crippen LogP contribution in [0.1, 0.15) is 23.5 Å². The molecule has 1 atom stereocenters. The van der Waals surface area contributed by atoms with Crippen LogP contribution in [0.4, 0.5) is 5.82 Å². The van der Waals surface area contributed by atoms with Gasteiger partial charge >= 0.3 is 0 Å². The second-order valence-electron chi connectivity index (χ2n) is 6.35. The summed E-state index contributed by atoms with van der Waals surface area (Å²) in [6.45, 7) is 7.39. The first kappa shape index (κ1) is 14.6. The van der Waals surface area contributed by atoms with E-state index in [1.54, 1.807) is 17.7 Å². The molecule has 0 spiro atoms. The Bertz CT molecular complexity index is 821. The number of nitrogens with zero attached hydrogens (tertiary/aromatic N) is 5. The first-order valence-corrected chi connectivity index (χ1v) is 8.96. The lowest BCUT2D eigenvalue weighted by molar-refractivity contribution is 0.363. The number of piperidine rings is 1. The van der Waals surface area contributed by atoms with Crippen molar-refractivity contribution in [3.05, 3.63) is 35.5 Å². The second kappa shape index (κ2) is 5.92. The first-order chi connectivity index (χ1) is 11.2. The van der Waals surface area contributed by atoms with Crippen molar-refractivity contribution in [1.82, 2.24) is 19.5 Å². The van der Waals surface area contributed by atoms with Crippen molar-refractivity contribution < 1.29 is 0 Å². The highest BCUT2D eigenvalue weighted by Gasteiger charge is 2.23. The molecule has 1 saturated heterocycles. The summed E-state index contributed by atoms with van der Waals surface area (Å²) >= 11 is 1.75. The third-order valence-corrected chi connectivity index (χ3v) is 5.59. The van der Waals surface area contributed by atoms with Crippen molar-refractivity contribution in [2.45, 2.75) is 33.2 Å². The summed E-state index contributed by atoms with van der Waals surface area (Å²) in [5.74, 6) is 2.84. The fraction of sp³-hybridized carbons (Fsp3) is 0.471. The largest absolute Gasteiger partial charge is 0.356 e. The zero-order valence-electron chi connectivity index (χ0n) is 13.6. The molecule has 1 aliphatic heterocycles. The summed E-state index contributed by atoms with van der Waals surface area (Å²) in [6.07, 6.45) is 8.16. The van der Waals surface area contributed by atoms with Crippen LogP contribution < -0.4 is 4.90 Å². The topological polar surface area (TPSA) is 46.8 Å². The van der Waals surface area contributed by atoms with Crippen LogP contribution in [0.3, 0.4) is 0 Å². The summed E-state index contributed by atoms with van der Waals surface area (Å²) < 4.78 is 2.26. The van der Waals surface area contributed by atoms with Crippen LogP contribution in [-0.2, 0) is 6.54 Å². The number of rotatable bonds is 3. The van der Waals surface area contributed by atoms with Gasteiger partial charge in [-0.05, 0) is 38.7 Å². The first-order valence-electron chi connectivity index (χ1n) is 8.14. The Balaban J connectivity index is 1.58. The van der Waals surface area contributed by atoms with Gasteiger partial charge in [-0.3, -0.25) is 0 Å². The molecule has 4 rings (SSSR count). The molecule has 0 bridgehead atoms. The van der Waals surface area contributed by atoms with E-state index in [1.165, 1.54) is 23.1 Å². The molecular formula is C17H21N5S. The molecule has 23 heavy (non-hydrogen) atoms. The van der Waals surface area contributed by atoms with E-state index in [0.717, 1.165) is 36.1 Å². The molecule has 0 N–H and O–H groups in total. The quantitative estimate of drug-likeness (QED) is 0.739. The van der Waals surface area contributed by atoms with Crippen LogP contribution >= 0.6 is 11.3 Å². The lowest BCUT2D eigenvalue weighted by atomic mass is 9.97. The molecular weight excluding hydrogens is 306 g/mol. The molecule has 6 heteroatoms. The maximum atomic E-state index is 4.60. The highest BCUT2D eigenvalue weighted by Crippen LogP contribution is 2.32. The van der Waals surface area contributed by atoms with Gasteiger partial charge in [-0.15, -0.1) is 11.3 Å². The van der Waals surface area contributed by atoms with Crippen LogP contribution in [0.15, 0.2) is 24.8 Å². The van der Waals surface area contributed by atoms with Crippen molar-refractivity contribution in [3.63, 3.8) is 0 Å².